The van der Waals surface area contributed by atoms with Crippen LogP contribution in [0, 0.1) is 0 Å². The van der Waals surface area contributed by atoms with Gasteiger partial charge in [0.2, 0.25) is 0 Å². The number of likely N-dealkylation sites (N-methyl/N-ethyl adjacent to an activating group) is 1. The Kier molecular flexibility index (Phi) is 8.74. The van der Waals surface area contributed by atoms with Crippen LogP contribution < -0.4 is 10.9 Å². The number of rotatable bonds is 6. The largest absolute Gasteiger partial charge is 0.340 e. The lowest BCUT2D eigenvalue weighted by atomic mass is 10.1. The van der Waals surface area contributed by atoms with Gasteiger partial charge in [0.25, 0.3) is 5.56 Å². The first-order chi connectivity index (χ1) is 17.6. The van der Waals surface area contributed by atoms with E-state index in [4.69, 9.17) is 4.98 Å². The molecule has 1 saturated heterocycles. The second kappa shape index (κ2) is 12.2. The highest BCUT2D eigenvalue weighted by Crippen LogP contribution is 2.28. The normalized spacial score (nSPS) is 14.3. The van der Waals surface area contributed by atoms with E-state index in [0.29, 0.717) is 11.2 Å². The molecule has 7 nitrogen and oxygen atoms in total. The molecule has 1 aliphatic rings. The molecule has 0 spiro atoms. The minimum atomic E-state index is -0.178. The van der Waals surface area contributed by atoms with Gasteiger partial charge in [-0.05, 0) is 47.8 Å². The Morgan fingerprint density at radius 1 is 1.00 bits per heavy atom. The summed E-state index contributed by atoms with van der Waals surface area (Å²) in [5, 5.41) is 4.70. The Balaban J connectivity index is 0.00000148. The van der Waals surface area contributed by atoms with Crippen molar-refractivity contribution in [1.82, 2.24) is 24.8 Å². The Morgan fingerprint density at radius 3 is 2.42 bits per heavy atom. The summed E-state index contributed by atoms with van der Waals surface area (Å²) in [5.74, 6) is 0.516. The quantitative estimate of drug-likeness (QED) is 0.315. The summed E-state index contributed by atoms with van der Waals surface area (Å²) in [6.07, 6.45) is 5.09. The maximum Gasteiger partial charge on any atom is 0.259 e. The van der Waals surface area contributed by atoms with Crippen LogP contribution in [0.3, 0.4) is 0 Å². The Morgan fingerprint density at radius 2 is 1.72 bits per heavy atom. The van der Waals surface area contributed by atoms with E-state index in [1.54, 1.807) is 18.6 Å². The molecule has 1 fully saturated rings. The number of benzene rings is 1. The molecule has 8 heteroatoms. The van der Waals surface area contributed by atoms with E-state index >= 15 is 0 Å². The van der Waals surface area contributed by atoms with Crippen LogP contribution in [-0.4, -0.2) is 57.5 Å². The number of hydrogen-bond donors (Lipinski definition) is 3. The molecule has 2 N–H and O–H groups in total. The van der Waals surface area contributed by atoms with Crippen LogP contribution >= 0.6 is 12.6 Å². The SMILES string of the molecule is CC.CCN1CCN(Cc2ccc(Nc3nc(-c4cncc(S)c4)cc4cc[nH]c(=O)c34)cc2)CC1. The van der Waals surface area contributed by atoms with E-state index in [1.165, 1.54) is 5.56 Å². The van der Waals surface area contributed by atoms with Gasteiger partial charge in [-0.3, -0.25) is 14.7 Å². The van der Waals surface area contributed by atoms with E-state index in [2.05, 4.69) is 56.8 Å². The second-order valence-electron chi connectivity index (χ2n) is 8.59. The summed E-state index contributed by atoms with van der Waals surface area (Å²) in [7, 11) is 0. The zero-order chi connectivity index (χ0) is 25.5. The average molecular weight is 503 g/mol. The number of aromatic amines is 1. The van der Waals surface area contributed by atoms with Gasteiger partial charge < -0.3 is 15.2 Å². The molecule has 3 aromatic heterocycles. The zero-order valence-electron chi connectivity index (χ0n) is 21.2. The highest BCUT2D eigenvalue weighted by Gasteiger charge is 2.16. The van der Waals surface area contributed by atoms with Crippen molar-refractivity contribution in [3.63, 3.8) is 0 Å². The van der Waals surface area contributed by atoms with Gasteiger partial charge in [0.15, 0.2) is 0 Å². The Bertz CT molecular complexity index is 1350. The molecule has 1 aromatic carbocycles. The second-order valence-corrected chi connectivity index (χ2v) is 9.11. The summed E-state index contributed by atoms with van der Waals surface area (Å²) in [4.78, 5) is 30.2. The van der Waals surface area contributed by atoms with Crippen LogP contribution in [-0.2, 0) is 6.54 Å². The molecule has 4 heterocycles. The Hall–Kier alpha value is -3.20. The number of nitrogens with zero attached hydrogens (tertiary/aromatic N) is 4. The molecule has 4 aromatic rings. The molecule has 1 aliphatic heterocycles. The van der Waals surface area contributed by atoms with Gasteiger partial charge in [-0.25, -0.2) is 4.98 Å². The van der Waals surface area contributed by atoms with Gasteiger partial charge >= 0.3 is 0 Å². The first-order valence-electron chi connectivity index (χ1n) is 12.6. The highest BCUT2D eigenvalue weighted by atomic mass is 32.1. The number of nitrogens with one attached hydrogen (secondary N) is 2. The standard InChI is InChI=1S/C26H28N6OS.C2H6/c1-2-31-9-11-32(12-10-31)17-18-3-5-21(6-4-18)29-25-24-19(7-8-28-26(24)33)14-23(30-25)20-13-22(34)16-27-15-20;1-2/h3-8,13-16,34H,2,9-12,17H2,1H3,(H,28,33)(H,29,30);1-2H3. The maximum atomic E-state index is 12.6. The minimum Gasteiger partial charge on any atom is -0.340 e. The van der Waals surface area contributed by atoms with Crippen molar-refractivity contribution in [2.75, 3.05) is 38.0 Å². The number of piperazine rings is 1. The van der Waals surface area contributed by atoms with Crippen LogP contribution in [0.25, 0.3) is 22.0 Å². The molecule has 188 valence electrons. The van der Waals surface area contributed by atoms with Crippen molar-refractivity contribution < 1.29 is 0 Å². The van der Waals surface area contributed by atoms with E-state index in [-0.39, 0.29) is 5.56 Å². The number of anilines is 2. The number of H-pyrrole nitrogens is 1. The highest BCUT2D eigenvalue weighted by molar-refractivity contribution is 7.80. The topological polar surface area (TPSA) is 77.2 Å². The van der Waals surface area contributed by atoms with Gasteiger partial charge in [-0.1, -0.05) is 32.9 Å². The molecule has 0 amide bonds. The van der Waals surface area contributed by atoms with Crippen LogP contribution in [0.1, 0.15) is 26.3 Å². The summed E-state index contributed by atoms with van der Waals surface area (Å²) >= 11 is 4.40. The molecule has 0 saturated carbocycles. The number of fused-ring (bicyclic) bond motifs is 1. The molecule has 36 heavy (non-hydrogen) atoms. The van der Waals surface area contributed by atoms with Crippen molar-refractivity contribution in [1.29, 1.82) is 0 Å². The maximum absolute atomic E-state index is 12.6. The molecule has 5 rings (SSSR count). The fourth-order valence-electron chi connectivity index (χ4n) is 4.37. The lowest BCUT2D eigenvalue weighted by Gasteiger charge is -2.34. The lowest BCUT2D eigenvalue weighted by molar-refractivity contribution is 0.132. The van der Waals surface area contributed by atoms with Crippen LogP contribution in [0.4, 0.5) is 11.5 Å². The third-order valence-corrected chi connectivity index (χ3v) is 6.55. The van der Waals surface area contributed by atoms with Crippen molar-refractivity contribution >= 4 is 34.9 Å². The van der Waals surface area contributed by atoms with Crippen LogP contribution in [0.2, 0.25) is 0 Å². The first-order valence-corrected chi connectivity index (χ1v) is 13.0. The van der Waals surface area contributed by atoms with E-state index in [9.17, 15) is 4.79 Å². The van der Waals surface area contributed by atoms with Crippen LogP contribution in [0.15, 0.2) is 70.7 Å². The van der Waals surface area contributed by atoms with Gasteiger partial charge in [0.1, 0.15) is 5.82 Å². The zero-order valence-corrected chi connectivity index (χ0v) is 22.1. The van der Waals surface area contributed by atoms with E-state index in [1.807, 2.05) is 44.2 Å². The number of aromatic nitrogens is 3. The molecule has 0 bridgehead atoms. The summed E-state index contributed by atoms with van der Waals surface area (Å²) in [6, 6.07) is 14.1. The third-order valence-electron chi connectivity index (χ3n) is 6.31. The minimum absolute atomic E-state index is 0.178. The summed E-state index contributed by atoms with van der Waals surface area (Å²) < 4.78 is 0. The van der Waals surface area contributed by atoms with Gasteiger partial charge in [-0.15, -0.1) is 12.6 Å². The number of hydrogen-bond acceptors (Lipinski definition) is 7. The summed E-state index contributed by atoms with van der Waals surface area (Å²) in [6.45, 7) is 12.7. The molecular formula is C28H34N6OS. The van der Waals surface area contributed by atoms with Crippen molar-refractivity contribution in [2.24, 2.45) is 0 Å². The predicted molar refractivity (Wildman–Crippen MR) is 151 cm³/mol. The van der Waals surface area contributed by atoms with E-state index in [0.717, 1.165) is 66.5 Å². The molecule has 0 radical (unpaired) electrons. The molecule has 0 aliphatic carbocycles. The average Bonchev–Trinajstić information content (AvgIpc) is 2.91. The molecule has 0 atom stereocenters. The van der Waals surface area contributed by atoms with Crippen molar-refractivity contribution in [2.45, 2.75) is 32.2 Å². The monoisotopic (exact) mass is 502 g/mol. The smallest absolute Gasteiger partial charge is 0.259 e. The summed E-state index contributed by atoms with van der Waals surface area (Å²) in [5.41, 5.74) is 3.55. The number of pyridine rings is 3. The lowest BCUT2D eigenvalue weighted by Crippen LogP contribution is -2.45. The van der Waals surface area contributed by atoms with Gasteiger partial charge in [-0.2, -0.15) is 0 Å². The fourth-order valence-corrected chi connectivity index (χ4v) is 4.58. The molecular weight excluding hydrogens is 468 g/mol. The Labute approximate surface area is 218 Å². The first kappa shape index (κ1) is 25.9. The van der Waals surface area contributed by atoms with Crippen LogP contribution in [0.5, 0.6) is 0 Å². The predicted octanol–water partition coefficient (Wildman–Crippen LogP) is 5.18. The van der Waals surface area contributed by atoms with Gasteiger partial charge in [0, 0.05) is 67.5 Å². The van der Waals surface area contributed by atoms with Crippen molar-refractivity contribution in [3.05, 3.63) is 77.0 Å². The number of thiol groups is 1. The fraction of sp³-hybridized carbons (Fsp3) is 0.321. The molecule has 0 unspecified atom stereocenters. The third kappa shape index (κ3) is 6.13. The van der Waals surface area contributed by atoms with Crippen molar-refractivity contribution in [3.8, 4) is 11.3 Å². The van der Waals surface area contributed by atoms with Gasteiger partial charge in [0.05, 0.1) is 11.1 Å². The van der Waals surface area contributed by atoms with E-state index < -0.39 is 0 Å².